The Kier molecular flexibility index (Phi) is 4.27. The first kappa shape index (κ1) is 14.1. The van der Waals surface area contributed by atoms with Gasteiger partial charge in [0.05, 0.1) is 13.2 Å². The highest BCUT2D eigenvalue weighted by Crippen LogP contribution is 2.36. The smallest absolute Gasteiger partial charge is 0.192 e. The van der Waals surface area contributed by atoms with Gasteiger partial charge in [-0.05, 0) is 24.2 Å². The minimum absolute atomic E-state index is 0.213. The Balaban J connectivity index is 2.51. The zero-order valence-corrected chi connectivity index (χ0v) is 12.4. The van der Waals surface area contributed by atoms with Crippen molar-refractivity contribution in [2.45, 2.75) is 45.4 Å². The highest BCUT2D eigenvalue weighted by atomic mass is 28.4. The van der Waals surface area contributed by atoms with Gasteiger partial charge in [0.15, 0.2) is 14.6 Å². The molecule has 5 heteroatoms. The van der Waals surface area contributed by atoms with Gasteiger partial charge in [-0.1, -0.05) is 20.8 Å². The molecule has 17 heavy (non-hydrogen) atoms. The van der Waals surface area contributed by atoms with E-state index in [1.807, 2.05) is 0 Å². The molecular weight excluding hydrogens is 232 g/mol. The van der Waals surface area contributed by atoms with Crippen LogP contribution < -0.4 is 0 Å². The molecule has 0 radical (unpaired) electrons. The van der Waals surface area contributed by atoms with E-state index in [1.165, 1.54) is 0 Å². The molecule has 0 aliphatic heterocycles. The van der Waals surface area contributed by atoms with Gasteiger partial charge in [-0.2, -0.15) is 5.10 Å². The van der Waals surface area contributed by atoms with Crippen molar-refractivity contribution in [3.63, 3.8) is 0 Å². The Bertz CT molecular complexity index is 380. The van der Waals surface area contributed by atoms with Crippen molar-refractivity contribution in [1.82, 2.24) is 9.78 Å². The number of hydrogen-bond acceptors (Lipinski definition) is 3. The molecule has 1 aromatic rings. The second-order valence-corrected chi connectivity index (χ2v) is 10.5. The molecule has 0 bridgehead atoms. The van der Waals surface area contributed by atoms with Gasteiger partial charge < -0.3 is 4.43 Å². The Morgan fingerprint density at radius 3 is 2.65 bits per heavy atom. The monoisotopic (exact) mass is 254 g/mol. The average Bonchev–Trinajstić information content (AvgIpc) is 2.63. The highest BCUT2D eigenvalue weighted by molar-refractivity contribution is 6.74. The predicted octanol–water partition coefficient (Wildman–Crippen LogP) is 2.72. The van der Waals surface area contributed by atoms with Crippen molar-refractivity contribution >= 4 is 14.6 Å². The van der Waals surface area contributed by atoms with E-state index in [4.69, 9.17) is 4.43 Å². The quantitative estimate of drug-likeness (QED) is 0.599. The number of carbonyl (C=O) groups excluding carboxylic acids is 1. The number of carbonyl (C=O) groups is 1. The topological polar surface area (TPSA) is 44.1 Å². The van der Waals surface area contributed by atoms with Crippen molar-refractivity contribution in [3.05, 3.63) is 18.0 Å². The molecule has 0 aliphatic carbocycles. The summed E-state index contributed by atoms with van der Waals surface area (Å²) >= 11 is 0. The van der Waals surface area contributed by atoms with Gasteiger partial charge in [-0.25, -0.2) is 0 Å². The van der Waals surface area contributed by atoms with Crippen LogP contribution in [0.2, 0.25) is 18.1 Å². The average molecular weight is 254 g/mol. The Morgan fingerprint density at radius 1 is 1.47 bits per heavy atom. The Labute approximate surface area is 104 Å². The molecule has 1 aromatic heterocycles. The number of nitrogens with zero attached hydrogens (tertiary/aromatic N) is 2. The predicted molar refractivity (Wildman–Crippen MR) is 70.8 cm³/mol. The summed E-state index contributed by atoms with van der Waals surface area (Å²) in [7, 11) is -1.70. The van der Waals surface area contributed by atoms with Crippen molar-refractivity contribution in [1.29, 1.82) is 0 Å². The summed E-state index contributed by atoms with van der Waals surface area (Å²) < 4.78 is 7.71. The van der Waals surface area contributed by atoms with Gasteiger partial charge in [0.1, 0.15) is 5.69 Å². The molecule has 4 nitrogen and oxygen atoms in total. The van der Waals surface area contributed by atoms with E-state index >= 15 is 0 Å². The van der Waals surface area contributed by atoms with Crippen molar-refractivity contribution in [3.8, 4) is 0 Å². The fourth-order valence-corrected chi connectivity index (χ4v) is 2.27. The third kappa shape index (κ3) is 3.51. The summed E-state index contributed by atoms with van der Waals surface area (Å²) in [5, 5.41) is 4.30. The second-order valence-electron chi connectivity index (χ2n) is 5.71. The van der Waals surface area contributed by atoms with Crippen molar-refractivity contribution in [2.24, 2.45) is 0 Å². The van der Waals surface area contributed by atoms with Crippen LogP contribution in [0.25, 0.3) is 0 Å². The van der Waals surface area contributed by atoms with Crippen LogP contribution in [0.4, 0.5) is 0 Å². The van der Waals surface area contributed by atoms with E-state index in [9.17, 15) is 4.79 Å². The summed E-state index contributed by atoms with van der Waals surface area (Å²) in [6.45, 7) is 12.3. The molecule has 0 atom stereocenters. The number of rotatable bonds is 5. The number of aromatic nitrogens is 2. The lowest BCUT2D eigenvalue weighted by atomic mass is 10.2. The lowest BCUT2D eigenvalue weighted by Gasteiger charge is -2.36. The number of hydrogen-bond donors (Lipinski definition) is 0. The van der Waals surface area contributed by atoms with Crippen molar-refractivity contribution in [2.75, 3.05) is 6.61 Å². The maximum atomic E-state index is 10.7. The molecule has 0 spiro atoms. The zero-order valence-electron chi connectivity index (χ0n) is 11.4. The van der Waals surface area contributed by atoms with E-state index in [2.05, 4.69) is 39.0 Å². The first-order valence-electron chi connectivity index (χ1n) is 5.89. The van der Waals surface area contributed by atoms with Gasteiger partial charge in [-0.3, -0.25) is 9.48 Å². The van der Waals surface area contributed by atoms with Crippen LogP contribution in [0.15, 0.2) is 12.3 Å². The molecule has 0 fully saturated rings. The van der Waals surface area contributed by atoms with E-state index in [1.54, 1.807) is 16.9 Å². The van der Waals surface area contributed by atoms with E-state index in [-0.39, 0.29) is 5.04 Å². The molecule has 0 aromatic carbocycles. The largest absolute Gasteiger partial charge is 0.415 e. The third-order valence-corrected chi connectivity index (χ3v) is 7.98. The summed E-state index contributed by atoms with van der Waals surface area (Å²) in [5.41, 5.74) is 0.601. The minimum atomic E-state index is -1.70. The third-order valence-electron chi connectivity index (χ3n) is 3.44. The van der Waals surface area contributed by atoms with Crippen LogP contribution in [0.5, 0.6) is 0 Å². The van der Waals surface area contributed by atoms with Crippen LogP contribution in [0.3, 0.4) is 0 Å². The lowest BCUT2D eigenvalue weighted by Crippen LogP contribution is -2.41. The van der Waals surface area contributed by atoms with Crippen LogP contribution in [-0.4, -0.2) is 31.0 Å². The van der Waals surface area contributed by atoms with Gasteiger partial charge in [0.25, 0.3) is 0 Å². The fraction of sp³-hybridized carbons (Fsp3) is 0.667. The molecule has 0 N–H and O–H groups in total. The Hall–Kier alpha value is -0.943. The Morgan fingerprint density at radius 2 is 2.12 bits per heavy atom. The molecule has 96 valence electrons. The first-order valence-corrected chi connectivity index (χ1v) is 8.80. The molecule has 0 amide bonds. The normalized spacial score (nSPS) is 12.8. The van der Waals surface area contributed by atoms with Crippen LogP contribution in [0, 0.1) is 0 Å². The van der Waals surface area contributed by atoms with E-state index in [0.29, 0.717) is 18.8 Å². The van der Waals surface area contributed by atoms with Crippen molar-refractivity contribution < 1.29 is 9.22 Å². The van der Waals surface area contributed by atoms with E-state index < -0.39 is 8.32 Å². The molecule has 0 saturated heterocycles. The minimum Gasteiger partial charge on any atom is -0.415 e. The molecule has 1 heterocycles. The summed E-state index contributed by atoms with van der Waals surface area (Å²) in [6, 6.07) is 1.71. The summed E-state index contributed by atoms with van der Waals surface area (Å²) in [4.78, 5) is 10.7. The standard InChI is InChI=1S/C12H22N2O2Si/c1-12(2,3)17(4,5)16-9-8-14-11(10-15)6-7-13-14/h6-7,10H,8-9H2,1-5H3. The zero-order chi connectivity index (χ0) is 13.1. The van der Waals surface area contributed by atoms with Gasteiger partial charge in [0.2, 0.25) is 0 Å². The molecule has 0 unspecified atom stereocenters. The lowest BCUT2D eigenvalue weighted by molar-refractivity contribution is 0.111. The second kappa shape index (κ2) is 5.14. The van der Waals surface area contributed by atoms with Crippen LogP contribution >= 0.6 is 0 Å². The first-order chi connectivity index (χ1) is 7.78. The summed E-state index contributed by atoms with van der Waals surface area (Å²) in [6.07, 6.45) is 2.45. The maximum absolute atomic E-state index is 10.7. The summed E-state index contributed by atoms with van der Waals surface area (Å²) in [5.74, 6) is 0. The maximum Gasteiger partial charge on any atom is 0.192 e. The number of aldehydes is 1. The van der Waals surface area contributed by atoms with Crippen LogP contribution in [-0.2, 0) is 11.0 Å². The fourth-order valence-electron chi connectivity index (χ4n) is 1.23. The highest BCUT2D eigenvalue weighted by Gasteiger charge is 2.36. The molecule has 0 saturated carbocycles. The van der Waals surface area contributed by atoms with E-state index in [0.717, 1.165) is 6.29 Å². The molecule has 1 rings (SSSR count). The van der Waals surface area contributed by atoms with Gasteiger partial charge in [0, 0.05) is 6.20 Å². The molecule has 0 aliphatic rings. The molecular formula is C12H22N2O2Si. The van der Waals surface area contributed by atoms with Gasteiger partial charge in [-0.15, -0.1) is 0 Å². The SMILES string of the molecule is CC(C)(C)[Si](C)(C)OCCn1nccc1C=O. The van der Waals surface area contributed by atoms with Crippen LogP contribution in [0.1, 0.15) is 31.3 Å². The van der Waals surface area contributed by atoms with Gasteiger partial charge >= 0.3 is 0 Å².